The molecular formula is C15H19N3O3. The molecule has 0 bridgehead atoms. The Kier molecular flexibility index (Phi) is 6.78. The number of rotatable bonds is 7. The first kappa shape index (κ1) is 16.5. The molecule has 1 rings (SSSR count). The second-order valence-electron chi connectivity index (χ2n) is 4.23. The molecule has 0 fully saturated rings. The highest BCUT2D eigenvalue weighted by atomic mass is 16.5. The Labute approximate surface area is 124 Å². The molecule has 0 atom stereocenters. The van der Waals surface area contributed by atoms with Gasteiger partial charge in [0, 0.05) is 31.2 Å². The molecule has 0 aliphatic rings. The zero-order valence-electron chi connectivity index (χ0n) is 12.2. The minimum Gasteiger partial charge on any atom is -0.462 e. The smallest absolute Gasteiger partial charge is 0.350 e. The highest BCUT2D eigenvalue weighted by Gasteiger charge is 2.09. The number of carbonyl (C=O) groups is 1. The predicted octanol–water partition coefficient (Wildman–Crippen LogP) is 1.50. The maximum atomic E-state index is 11.4. The number of nitrogens with one attached hydrogen (secondary N) is 1. The van der Waals surface area contributed by atoms with Crippen molar-refractivity contribution in [2.75, 3.05) is 37.0 Å². The quantitative estimate of drug-likeness (QED) is 0.449. The average Bonchev–Trinajstić information content (AvgIpc) is 2.49. The van der Waals surface area contributed by atoms with Crippen LogP contribution in [0.5, 0.6) is 0 Å². The largest absolute Gasteiger partial charge is 0.462 e. The van der Waals surface area contributed by atoms with Crippen molar-refractivity contribution < 1.29 is 14.6 Å². The molecule has 21 heavy (non-hydrogen) atoms. The van der Waals surface area contributed by atoms with Gasteiger partial charge in [-0.25, -0.2) is 4.79 Å². The molecule has 0 aromatic heterocycles. The molecule has 2 N–H and O–H groups in total. The van der Waals surface area contributed by atoms with Gasteiger partial charge in [0.05, 0.1) is 13.2 Å². The van der Waals surface area contributed by atoms with Gasteiger partial charge in [0.25, 0.3) is 0 Å². The van der Waals surface area contributed by atoms with E-state index in [9.17, 15) is 4.79 Å². The zero-order chi connectivity index (χ0) is 15.7. The third-order valence-electron chi connectivity index (χ3n) is 2.74. The van der Waals surface area contributed by atoms with Crippen LogP contribution in [0.4, 0.5) is 11.4 Å². The van der Waals surface area contributed by atoms with Gasteiger partial charge in [-0.05, 0) is 31.2 Å². The lowest BCUT2D eigenvalue weighted by Gasteiger charge is -2.18. The standard InChI is InChI=1S/C15H19N3O3/c1-3-21-15(20)12(10-16)11-17-13-4-6-14(7-5-13)18(2)8-9-19/h4-7,11,17,19H,3,8-9H2,1-2H3/b12-11+. The molecule has 112 valence electrons. The Bertz CT molecular complexity index is 532. The number of nitrogens with zero attached hydrogens (tertiary/aromatic N) is 2. The van der Waals surface area contributed by atoms with Crippen LogP contribution >= 0.6 is 0 Å². The van der Waals surface area contributed by atoms with Gasteiger partial charge in [0.1, 0.15) is 6.07 Å². The second kappa shape index (κ2) is 8.61. The van der Waals surface area contributed by atoms with E-state index < -0.39 is 5.97 Å². The van der Waals surface area contributed by atoms with Crippen LogP contribution in [0.3, 0.4) is 0 Å². The van der Waals surface area contributed by atoms with E-state index in [2.05, 4.69) is 5.32 Å². The molecule has 0 saturated carbocycles. The van der Waals surface area contributed by atoms with Crippen LogP contribution in [0.15, 0.2) is 36.0 Å². The molecule has 1 aromatic carbocycles. The lowest BCUT2D eigenvalue weighted by atomic mass is 10.2. The number of aliphatic hydroxyl groups excluding tert-OH is 1. The Morgan fingerprint density at radius 1 is 1.48 bits per heavy atom. The maximum absolute atomic E-state index is 11.4. The molecule has 1 aromatic rings. The van der Waals surface area contributed by atoms with Crippen molar-refractivity contribution >= 4 is 17.3 Å². The fourth-order valence-electron chi connectivity index (χ4n) is 1.59. The monoisotopic (exact) mass is 289 g/mol. The molecule has 6 heteroatoms. The van der Waals surface area contributed by atoms with Gasteiger partial charge < -0.3 is 20.1 Å². The summed E-state index contributed by atoms with van der Waals surface area (Å²) in [4.78, 5) is 13.3. The molecule has 0 saturated heterocycles. The SMILES string of the molecule is CCOC(=O)/C(C#N)=C/Nc1ccc(N(C)CCO)cc1. The fourth-order valence-corrected chi connectivity index (χ4v) is 1.59. The number of anilines is 2. The zero-order valence-corrected chi connectivity index (χ0v) is 12.2. The number of carbonyl (C=O) groups excluding carboxylic acids is 1. The summed E-state index contributed by atoms with van der Waals surface area (Å²) in [5.74, 6) is -0.646. The predicted molar refractivity (Wildman–Crippen MR) is 80.7 cm³/mol. The van der Waals surface area contributed by atoms with E-state index in [-0.39, 0.29) is 18.8 Å². The van der Waals surface area contributed by atoms with E-state index in [1.807, 2.05) is 36.2 Å². The highest BCUT2D eigenvalue weighted by molar-refractivity contribution is 5.93. The Morgan fingerprint density at radius 3 is 2.67 bits per heavy atom. The minimum atomic E-state index is -0.646. The summed E-state index contributed by atoms with van der Waals surface area (Å²) in [6.07, 6.45) is 1.32. The summed E-state index contributed by atoms with van der Waals surface area (Å²) >= 11 is 0. The van der Waals surface area contributed by atoms with E-state index in [0.29, 0.717) is 6.54 Å². The first-order valence-electron chi connectivity index (χ1n) is 6.58. The van der Waals surface area contributed by atoms with Gasteiger partial charge in [-0.1, -0.05) is 0 Å². The van der Waals surface area contributed by atoms with E-state index in [1.54, 1.807) is 13.0 Å². The molecule has 0 radical (unpaired) electrons. The summed E-state index contributed by atoms with van der Waals surface area (Å²) in [7, 11) is 1.88. The van der Waals surface area contributed by atoms with Crippen molar-refractivity contribution in [2.45, 2.75) is 6.92 Å². The number of ether oxygens (including phenoxy) is 1. The molecule has 0 heterocycles. The number of benzene rings is 1. The van der Waals surface area contributed by atoms with E-state index in [0.717, 1.165) is 11.4 Å². The number of hydrogen-bond acceptors (Lipinski definition) is 6. The molecular weight excluding hydrogens is 270 g/mol. The molecule has 0 aliphatic heterocycles. The normalized spacial score (nSPS) is 10.7. The van der Waals surface area contributed by atoms with Crippen LogP contribution < -0.4 is 10.2 Å². The Balaban J connectivity index is 2.71. The van der Waals surface area contributed by atoms with Crippen molar-refractivity contribution in [2.24, 2.45) is 0 Å². The summed E-state index contributed by atoms with van der Waals surface area (Å²) in [5.41, 5.74) is 1.62. The lowest BCUT2D eigenvalue weighted by Crippen LogP contribution is -2.20. The first-order chi connectivity index (χ1) is 10.1. The second-order valence-corrected chi connectivity index (χ2v) is 4.23. The number of hydrogen-bond donors (Lipinski definition) is 2. The molecule has 0 unspecified atom stereocenters. The van der Waals surface area contributed by atoms with Gasteiger partial charge in [0.2, 0.25) is 0 Å². The summed E-state index contributed by atoms with van der Waals surface area (Å²) in [6, 6.07) is 9.18. The molecule has 6 nitrogen and oxygen atoms in total. The van der Waals surface area contributed by atoms with Crippen molar-refractivity contribution in [1.29, 1.82) is 5.26 Å². The Hall–Kier alpha value is -2.52. The third-order valence-corrected chi connectivity index (χ3v) is 2.74. The van der Waals surface area contributed by atoms with Crippen LogP contribution in [-0.2, 0) is 9.53 Å². The maximum Gasteiger partial charge on any atom is 0.350 e. The van der Waals surface area contributed by atoms with E-state index >= 15 is 0 Å². The minimum absolute atomic E-state index is 0.0849. The number of nitriles is 1. The van der Waals surface area contributed by atoms with Crippen LogP contribution in [0.25, 0.3) is 0 Å². The van der Waals surface area contributed by atoms with Crippen molar-refractivity contribution in [3.8, 4) is 6.07 Å². The average molecular weight is 289 g/mol. The first-order valence-corrected chi connectivity index (χ1v) is 6.58. The van der Waals surface area contributed by atoms with Crippen molar-refractivity contribution in [3.63, 3.8) is 0 Å². The van der Waals surface area contributed by atoms with Gasteiger partial charge in [-0.15, -0.1) is 0 Å². The summed E-state index contributed by atoms with van der Waals surface area (Å²) < 4.78 is 4.76. The third kappa shape index (κ3) is 5.16. The fraction of sp³-hybridized carbons (Fsp3) is 0.333. The van der Waals surface area contributed by atoms with Crippen molar-refractivity contribution in [1.82, 2.24) is 0 Å². The highest BCUT2D eigenvalue weighted by Crippen LogP contribution is 2.16. The van der Waals surface area contributed by atoms with Gasteiger partial charge in [-0.3, -0.25) is 0 Å². The van der Waals surface area contributed by atoms with Crippen LogP contribution in [0, 0.1) is 11.3 Å². The van der Waals surface area contributed by atoms with Gasteiger partial charge >= 0.3 is 5.97 Å². The number of aliphatic hydroxyl groups is 1. The molecule has 0 spiro atoms. The number of esters is 1. The van der Waals surface area contributed by atoms with Gasteiger partial charge in [-0.2, -0.15) is 5.26 Å². The van der Waals surface area contributed by atoms with Gasteiger partial charge in [0.15, 0.2) is 5.57 Å². The summed E-state index contributed by atoms with van der Waals surface area (Å²) in [6.45, 7) is 2.55. The molecule has 0 aliphatic carbocycles. The van der Waals surface area contributed by atoms with Crippen LogP contribution in [0.2, 0.25) is 0 Å². The number of likely N-dealkylation sites (N-methyl/N-ethyl adjacent to an activating group) is 1. The lowest BCUT2D eigenvalue weighted by molar-refractivity contribution is -0.138. The molecule has 0 amide bonds. The Morgan fingerprint density at radius 2 is 2.14 bits per heavy atom. The van der Waals surface area contributed by atoms with Crippen molar-refractivity contribution in [3.05, 3.63) is 36.0 Å². The topological polar surface area (TPSA) is 85.6 Å². The van der Waals surface area contributed by atoms with Crippen LogP contribution in [0.1, 0.15) is 6.92 Å². The summed E-state index contributed by atoms with van der Waals surface area (Å²) in [5, 5.41) is 20.7. The van der Waals surface area contributed by atoms with Crippen LogP contribution in [-0.4, -0.2) is 37.9 Å². The van der Waals surface area contributed by atoms with E-state index in [4.69, 9.17) is 15.1 Å². The van der Waals surface area contributed by atoms with E-state index in [1.165, 1.54) is 6.20 Å².